The lowest BCUT2D eigenvalue weighted by molar-refractivity contribution is 0.0701. The SMILES string of the molecule is C=CCCCN(C)C(=O)c1ccc(C(=O)O)s1. The van der Waals surface area contributed by atoms with Crippen LogP contribution in [0.2, 0.25) is 0 Å². The van der Waals surface area contributed by atoms with Gasteiger partial charge < -0.3 is 10.0 Å². The third-order valence-corrected chi connectivity index (χ3v) is 3.34. The number of carboxylic acids is 1. The minimum absolute atomic E-state index is 0.133. The summed E-state index contributed by atoms with van der Waals surface area (Å²) in [5.41, 5.74) is 0. The number of allylic oxidation sites excluding steroid dienone is 1. The van der Waals surface area contributed by atoms with Gasteiger partial charge in [-0.05, 0) is 25.0 Å². The maximum absolute atomic E-state index is 11.9. The summed E-state index contributed by atoms with van der Waals surface area (Å²) in [7, 11) is 1.71. The molecule has 0 bridgehead atoms. The molecule has 1 N–H and O–H groups in total. The van der Waals surface area contributed by atoms with Crippen LogP contribution in [0.3, 0.4) is 0 Å². The summed E-state index contributed by atoms with van der Waals surface area (Å²) in [4.78, 5) is 24.8. The molecule has 0 aromatic carbocycles. The molecule has 0 saturated carbocycles. The summed E-state index contributed by atoms with van der Waals surface area (Å²) in [6.45, 7) is 4.26. The zero-order chi connectivity index (χ0) is 12.8. The Kier molecular flexibility index (Phi) is 4.90. The number of nitrogens with zero attached hydrogens (tertiary/aromatic N) is 1. The lowest BCUT2D eigenvalue weighted by Gasteiger charge is -2.15. The zero-order valence-electron chi connectivity index (χ0n) is 9.68. The lowest BCUT2D eigenvalue weighted by atomic mass is 10.3. The molecule has 92 valence electrons. The normalized spacial score (nSPS) is 9.94. The molecule has 0 fully saturated rings. The number of hydrogen-bond acceptors (Lipinski definition) is 3. The van der Waals surface area contributed by atoms with Gasteiger partial charge in [0.15, 0.2) is 0 Å². The maximum Gasteiger partial charge on any atom is 0.345 e. The van der Waals surface area contributed by atoms with Gasteiger partial charge in [0.25, 0.3) is 5.91 Å². The number of amides is 1. The molecule has 1 rings (SSSR count). The van der Waals surface area contributed by atoms with Gasteiger partial charge in [-0.2, -0.15) is 0 Å². The van der Waals surface area contributed by atoms with E-state index in [-0.39, 0.29) is 10.8 Å². The number of carboxylic acid groups (broad SMARTS) is 1. The topological polar surface area (TPSA) is 57.6 Å². The molecule has 0 unspecified atom stereocenters. The summed E-state index contributed by atoms with van der Waals surface area (Å²) in [6.07, 6.45) is 3.54. The first-order valence-electron chi connectivity index (χ1n) is 5.25. The molecule has 0 atom stereocenters. The van der Waals surface area contributed by atoms with Crippen molar-refractivity contribution in [1.82, 2.24) is 4.90 Å². The van der Waals surface area contributed by atoms with Crippen LogP contribution in [0.1, 0.15) is 32.2 Å². The highest BCUT2D eigenvalue weighted by atomic mass is 32.1. The molecule has 0 saturated heterocycles. The summed E-state index contributed by atoms with van der Waals surface area (Å²) in [5.74, 6) is -1.13. The van der Waals surface area contributed by atoms with Crippen LogP contribution in [0.15, 0.2) is 24.8 Å². The van der Waals surface area contributed by atoms with E-state index >= 15 is 0 Å². The van der Waals surface area contributed by atoms with Crippen molar-refractivity contribution in [3.63, 3.8) is 0 Å². The second-order valence-corrected chi connectivity index (χ2v) is 4.71. The molecule has 0 spiro atoms. The second-order valence-electron chi connectivity index (χ2n) is 3.63. The molecule has 0 aliphatic carbocycles. The predicted octanol–water partition coefficient (Wildman–Crippen LogP) is 2.48. The van der Waals surface area contributed by atoms with E-state index in [1.54, 1.807) is 18.0 Å². The first-order valence-corrected chi connectivity index (χ1v) is 6.07. The standard InChI is InChI=1S/C12H15NO3S/c1-3-4-5-8-13(2)11(14)9-6-7-10(17-9)12(15)16/h3,6-7H,1,4-5,8H2,2H3,(H,15,16). The molecule has 1 aromatic rings. The van der Waals surface area contributed by atoms with Gasteiger partial charge in [0, 0.05) is 13.6 Å². The number of rotatable bonds is 6. The van der Waals surface area contributed by atoms with Crippen LogP contribution in [-0.4, -0.2) is 35.5 Å². The fraction of sp³-hybridized carbons (Fsp3) is 0.333. The van der Waals surface area contributed by atoms with Crippen LogP contribution in [0, 0.1) is 0 Å². The van der Waals surface area contributed by atoms with Crippen LogP contribution in [0.4, 0.5) is 0 Å². The van der Waals surface area contributed by atoms with E-state index in [2.05, 4.69) is 6.58 Å². The van der Waals surface area contributed by atoms with Crippen LogP contribution < -0.4 is 0 Å². The van der Waals surface area contributed by atoms with Gasteiger partial charge in [-0.25, -0.2) is 4.79 Å². The molecular weight excluding hydrogens is 238 g/mol. The largest absolute Gasteiger partial charge is 0.477 e. The van der Waals surface area contributed by atoms with Gasteiger partial charge in [0.05, 0.1) is 4.88 Å². The van der Waals surface area contributed by atoms with Crippen molar-refractivity contribution in [2.24, 2.45) is 0 Å². The van der Waals surface area contributed by atoms with Gasteiger partial charge in [0.2, 0.25) is 0 Å². The Labute approximate surface area is 104 Å². The monoisotopic (exact) mass is 253 g/mol. The summed E-state index contributed by atoms with van der Waals surface area (Å²) < 4.78 is 0. The van der Waals surface area contributed by atoms with E-state index in [1.165, 1.54) is 6.07 Å². The highest BCUT2D eigenvalue weighted by molar-refractivity contribution is 7.15. The Morgan fingerprint density at radius 3 is 2.65 bits per heavy atom. The highest BCUT2D eigenvalue weighted by Crippen LogP contribution is 2.18. The quantitative estimate of drug-likeness (QED) is 0.626. The molecule has 0 aliphatic rings. The van der Waals surface area contributed by atoms with Crippen molar-refractivity contribution in [3.05, 3.63) is 34.5 Å². The molecule has 1 amide bonds. The number of aromatic carboxylic acids is 1. The average molecular weight is 253 g/mol. The second kappa shape index (κ2) is 6.20. The van der Waals surface area contributed by atoms with Crippen LogP contribution in [0.5, 0.6) is 0 Å². The van der Waals surface area contributed by atoms with Gasteiger partial charge in [-0.15, -0.1) is 17.9 Å². The number of carbonyl (C=O) groups excluding carboxylic acids is 1. The molecule has 1 heterocycles. The van der Waals surface area contributed by atoms with Crippen molar-refractivity contribution in [2.75, 3.05) is 13.6 Å². The zero-order valence-corrected chi connectivity index (χ0v) is 10.5. The Morgan fingerprint density at radius 2 is 2.12 bits per heavy atom. The van der Waals surface area contributed by atoms with Gasteiger partial charge in [-0.1, -0.05) is 6.08 Å². The lowest BCUT2D eigenvalue weighted by Crippen LogP contribution is -2.26. The fourth-order valence-electron chi connectivity index (χ4n) is 1.33. The number of hydrogen-bond donors (Lipinski definition) is 1. The van der Waals surface area contributed by atoms with E-state index in [0.717, 1.165) is 24.2 Å². The van der Waals surface area contributed by atoms with Crippen LogP contribution in [0.25, 0.3) is 0 Å². The molecule has 4 nitrogen and oxygen atoms in total. The minimum atomic E-state index is -0.997. The number of unbranched alkanes of at least 4 members (excludes halogenated alkanes) is 1. The first-order chi connectivity index (χ1) is 8.06. The summed E-state index contributed by atoms with van der Waals surface area (Å²) in [6, 6.07) is 3.01. The third-order valence-electron chi connectivity index (χ3n) is 2.28. The predicted molar refractivity (Wildman–Crippen MR) is 67.7 cm³/mol. The first kappa shape index (κ1) is 13.4. The Morgan fingerprint density at radius 1 is 1.47 bits per heavy atom. The Balaban J connectivity index is 2.61. The van der Waals surface area contributed by atoms with E-state index in [9.17, 15) is 9.59 Å². The van der Waals surface area contributed by atoms with Crippen molar-refractivity contribution in [2.45, 2.75) is 12.8 Å². The average Bonchev–Trinajstić information content (AvgIpc) is 2.77. The van der Waals surface area contributed by atoms with E-state index < -0.39 is 5.97 Å². The minimum Gasteiger partial charge on any atom is -0.477 e. The van der Waals surface area contributed by atoms with Gasteiger partial charge in [0.1, 0.15) is 4.88 Å². The van der Waals surface area contributed by atoms with Gasteiger partial charge >= 0.3 is 5.97 Å². The smallest absolute Gasteiger partial charge is 0.345 e. The molecule has 17 heavy (non-hydrogen) atoms. The van der Waals surface area contributed by atoms with E-state index in [0.29, 0.717) is 11.4 Å². The number of carbonyl (C=O) groups is 2. The molecule has 1 aromatic heterocycles. The van der Waals surface area contributed by atoms with Crippen LogP contribution >= 0.6 is 11.3 Å². The van der Waals surface area contributed by atoms with Crippen LogP contribution in [-0.2, 0) is 0 Å². The molecule has 5 heteroatoms. The fourth-order valence-corrected chi connectivity index (χ4v) is 2.17. The van der Waals surface area contributed by atoms with Gasteiger partial charge in [-0.3, -0.25) is 4.79 Å². The highest BCUT2D eigenvalue weighted by Gasteiger charge is 2.15. The Bertz CT molecular complexity index is 425. The Hall–Kier alpha value is -1.62. The maximum atomic E-state index is 11.9. The van der Waals surface area contributed by atoms with E-state index in [4.69, 9.17) is 5.11 Å². The van der Waals surface area contributed by atoms with E-state index in [1.807, 2.05) is 6.08 Å². The summed E-state index contributed by atoms with van der Waals surface area (Å²) in [5, 5.41) is 8.77. The third kappa shape index (κ3) is 3.71. The number of thiophene rings is 1. The van der Waals surface area contributed by atoms with Crippen molar-refractivity contribution in [1.29, 1.82) is 0 Å². The molecular formula is C12H15NO3S. The summed E-state index contributed by atoms with van der Waals surface area (Å²) >= 11 is 1.01. The molecule has 0 radical (unpaired) electrons. The van der Waals surface area contributed by atoms with Crippen molar-refractivity contribution in [3.8, 4) is 0 Å². The van der Waals surface area contributed by atoms with Crippen molar-refractivity contribution >= 4 is 23.2 Å². The molecule has 0 aliphatic heterocycles. The van der Waals surface area contributed by atoms with Crippen molar-refractivity contribution < 1.29 is 14.7 Å².